The summed E-state index contributed by atoms with van der Waals surface area (Å²) in [5.41, 5.74) is 0.794. The molecule has 98 valence electrons. The molecule has 0 saturated heterocycles. The van der Waals surface area contributed by atoms with Crippen molar-refractivity contribution >= 4 is 11.0 Å². The van der Waals surface area contributed by atoms with Gasteiger partial charge in [-0.05, 0) is 18.2 Å². The topological polar surface area (TPSA) is 54.6 Å². The minimum atomic E-state index is -0.514. The molecule has 1 atom stereocenters. The number of nitrogens with one attached hydrogen (secondary N) is 1. The van der Waals surface area contributed by atoms with Crippen LogP contribution >= 0.6 is 0 Å². The number of fused-ring (bicyclic) bond motifs is 1. The second-order valence-electron chi connectivity index (χ2n) is 4.65. The summed E-state index contributed by atoms with van der Waals surface area (Å²) in [6.07, 6.45) is 1.13. The quantitative estimate of drug-likeness (QED) is 0.824. The first kappa shape index (κ1) is 12.9. The zero-order valence-corrected chi connectivity index (χ0v) is 10.7. The van der Waals surface area contributed by atoms with Crippen LogP contribution in [0.1, 0.15) is 13.8 Å². The Labute approximate surface area is 107 Å². The number of aliphatic hydroxyl groups excluding tert-OH is 1. The van der Waals surface area contributed by atoms with Crippen molar-refractivity contribution in [1.29, 1.82) is 0 Å². The molecule has 0 aliphatic heterocycles. The van der Waals surface area contributed by atoms with Gasteiger partial charge in [0.25, 0.3) is 0 Å². The van der Waals surface area contributed by atoms with Gasteiger partial charge >= 0.3 is 0 Å². The number of hydrogen-bond donors (Lipinski definition) is 2. The minimum Gasteiger partial charge on any atom is -0.491 e. The summed E-state index contributed by atoms with van der Waals surface area (Å²) < 4.78 is 10.8. The van der Waals surface area contributed by atoms with E-state index < -0.39 is 6.10 Å². The van der Waals surface area contributed by atoms with E-state index in [1.54, 1.807) is 6.26 Å². The summed E-state index contributed by atoms with van der Waals surface area (Å²) in [6, 6.07) is 7.91. The van der Waals surface area contributed by atoms with Crippen LogP contribution < -0.4 is 10.1 Å². The van der Waals surface area contributed by atoms with Gasteiger partial charge in [0.1, 0.15) is 24.0 Å². The van der Waals surface area contributed by atoms with Crippen LogP contribution in [0.5, 0.6) is 5.75 Å². The number of aliphatic hydroxyl groups is 1. The van der Waals surface area contributed by atoms with Gasteiger partial charge in [-0.1, -0.05) is 13.8 Å². The van der Waals surface area contributed by atoms with Crippen molar-refractivity contribution in [2.24, 2.45) is 0 Å². The molecule has 4 heteroatoms. The van der Waals surface area contributed by atoms with Crippen LogP contribution in [0, 0.1) is 0 Å². The molecule has 4 nitrogen and oxygen atoms in total. The molecule has 1 aromatic heterocycles. The van der Waals surface area contributed by atoms with E-state index in [4.69, 9.17) is 9.15 Å². The van der Waals surface area contributed by atoms with Crippen LogP contribution in [-0.2, 0) is 0 Å². The fourth-order valence-electron chi connectivity index (χ4n) is 1.65. The minimum absolute atomic E-state index is 0.270. The van der Waals surface area contributed by atoms with Gasteiger partial charge in [0, 0.05) is 24.0 Å². The van der Waals surface area contributed by atoms with Gasteiger partial charge < -0.3 is 19.6 Å². The number of ether oxygens (including phenoxy) is 1. The lowest BCUT2D eigenvalue weighted by Crippen LogP contribution is -2.35. The Morgan fingerprint density at radius 3 is 2.94 bits per heavy atom. The van der Waals surface area contributed by atoms with Crippen LogP contribution in [0.25, 0.3) is 11.0 Å². The van der Waals surface area contributed by atoms with Crippen molar-refractivity contribution < 1.29 is 14.3 Å². The first-order valence-corrected chi connectivity index (χ1v) is 6.16. The summed E-state index contributed by atoms with van der Waals surface area (Å²) >= 11 is 0. The van der Waals surface area contributed by atoms with Gasteiger partial charge in [0.05, 0.1) is 6.26 Å². The lowest BCUT2D eigenvalue weighted by Gasteiger charge is -2.14. The van der Waals surface area contributed by atoms with Crippen molar-refractivity contribution in [1.82, 2.24) is 5.32 Å². The van der Waals surface area contributed by atoms with Crippen molar-refractivity contribution in [2.75, 3.05) is 13.2 Å². The van der Waals surface area contributed by atoms with Crippen LogP contribution in [-0.4, -0.2) is 30.4 Å². The summed E-state index contributed by atoms with van der Waals surface area (Å²) in [5.74, 6) is 0.709. The van der Waals surface area contributed by atoms with E-state index in [9.17, 15) is 5.11 Å². The highest BCUT2D eigenvalue weighted by molar-refractivity contribution is 5.78. The number of furan rings is 1. The first-order valence-electron chi connectivity index (χ1n) is 6.16. The van der Waals surface area contributed by atoms with E-state index in [-0.39, 0.29) is 6.61 Å². The summed E-state index contributed by atoms with van der Waals surface area (Å²) in [4.78, 5) is 0. The largest absolute Gasteiger partial charge is 0.491 e. The fourth-order valence-corrected chi connectivity index (χ4v) is 1.65. The Balaban J connectivity index is 1.85. The molecule has 0 radical (unpaired) electrons. The van der Waals surface area contributed by atoms with E-state index in [0.29, 0.717) is 18.3 Å². The molecule has 1 heterocycles. The highest BCUT2D eigenvalue weighted by atomic mass is 16.5. The standard InChI is InChI=1S/C14H19NO3/c1-10(2)15-8-12(16)9-18-13-4-3-11-5-6-17-14(11)7-13/h3-7,10,12,15-16H,8-9H2,1-2H3. The molecule has 1 aromatic carbocycles. The van der Waals surface area contributed by atoms with Crippen molar-refractivity contribution in [3.63, 3.8) is 0 Å². The Bertz CT molecular complexity index is 492. The summed E-state index contributed by atoms with van der Waals surface area (Å²) in [5, 5.41) is 13.9. The van der Waals surface area contributed by atoms with Crippen LogP contribution in [0.4, 0.5) is 0 Å². The molecule has 0 aliphatic carbocycles. The van der Waals surface area contributed by atoms with Gasteiger partial charge in [-0.15, -0.1) is 0 Å². The molecule has 0 spiro atoms. The molecular formula is C14H19NO3. The van der Waals surface area contributed by atoms with E-state index in [2.05, 4.69) is 5.32 Å². The van der Waals surface area contributed by atoms with Crippen molar-refractivity contribution in [3.8, 4) is 5.75 Å². The molecule has 0 fully saturated rings. The molecule has 2 N–H and O–H groups in total. The Kier molecular flexibility index (Phi) is 4.23. The Morgan fingerprint density at radius 1 is 1.33 bits per heavy atom. The monoisotopic (exact) mass is 249 g/mol. The Hall–Kier alpha value is -1.52. The molecule has 2 rings (SSSR count). The predicted molar refractivity (Wildman–Crippen MR) is 70.9 cm³/mol. The van der Waals surface area contributed by atoms with E-state index in [0.717, 1.165) is 11.0 Å². The normalized spacial score (nSPS) is 13.1. The smallest absolute Gasteiger partial charge is 0.137 e. The molecular weight excluding hydrogens is 230 g/mol. The summed E-state index contributed by atoms with van der Waals surface area (Å²) in [7, 11) is 0. The third-order valence-corrected chi connectivity index (χ3v) is 2.63. The molecule has 0 saturated carbocycles. The molecule has 18 heavy (non-hydrogen) atoms. The fraction of sp³-hybridized carbons (Fsp3) is 0.429. The maximum atomic E-state index is 9.72. The van der Waals surface area contributed by atoms with Crippen LogP contribution in [0.2, 0.25) is 0 Å². The van der Waals surface area contributed by atoms with E-state index >= 15 is 0 Å². The highest BCUT2D eigenvalue weighted by Crippen LogP contribution is 2.21. The number of rotatable bonds is 6. The van der Waals surface area contributed by atoms with E-state index in [1.807, 2.05) is 38.1 Å². The second kappa shape index (κ2) is 5.89. The van der Waals surface area contributed by atoms with Crippen molar-refractivity contribution in [3.05, 3.63) is 30.5 Å². The van der Waals surface area contributed by atoms with Gasteiger partial charge in [0.2, 0.25) is 0 Å². The third kappa shape index (κ3) is 3.48. The van der Waals surface area contributed by atoms with Gasteiger partial charge in [-0.2, -0.15) is 0 Å². The molecule has 0 bridgehead atoms. The van der Waals surface area contributed by atoms with Gasteiger partial charge in [0.15, 0.2) is 0 Å². The molecule has 0 aliphatic rings. The van der Waals surface area contributed by atoms with Crippen molar-refractivity contribution in [2.45, 2.75) is 26.0 Å². The third-order valence-electron chi connectivity index (χ3n) is 2.63. The first-order chi connectivity index (χ1) is 8.65. The maximum absolute atomic E-state index is 9.72. The SMILES string of the molecule is CC(C)NCC(O)COc1ccc2ccoc2c1. The van der Waals surface area contributed by atoms with E-state index in [1.165, 1.54) is 0 Å². The Morgan fingerprint density at radius 2 is 2.17 bits per heavy atom. The van der Waals surface area contributed by atoms with Gasteiger partial charge in [-0.25, -0.2) is 0 Å². The van der Waals surface area contributed by atoms with Crippen LogP contribution in [0.15, 0.2) is 34.9 Å². The lowest BCUT2D eigenvalue weighted by molar-refractivity contribution is 0.104. The highest BCUT2D eigenvalue weighted by Gasteiger charge is 2.06. The molecule has 1 unspecified atom stereocenters. The zero-order valence-electron chi connectivity index (χ0n) is 10.7. The average molecular weight is 249 g/mol. The average Bonchev–Trinajstić information content (AvgIpc) is 2.81. The van der Waals surface area contributed by atoms with Crippen LogP contribution in [0.3, 0.4) is 0 Å². The lowest BCUT2D eigenvalue weighted by atomic mass is 10.2. The van der Waals surface area contributed by atoms with Gasteiger partial charge in [-0.3, -0.25) is 0 Å². The zero-order chi connectivity index (χ0) is 13.0. The predicted octanol–water partition coefficient (Wildman–Crippen LogP) is 2.17. The maximum Gasteiger partial charge on any atom is 0.137 e. The number of hydrogen-bond acceptors (Lipinski definition) is 4. The molecule has 2 aromatic rings. The summed E-state index contributed by atoms with van der Waals surface area (Å²) in [6.45, 7) is 4.88. The molecule has 0 amide bonds. The number of benzene rings is 1. The second-order valence-corrected chi connectivity index (χ2v) is 4.65.